The van der Waals surface area contributed by atoms with Gasteiger partial charge in [-0.25, -0.2) is 5.48 Å². The molecule has 5 heteroatoms. The minimum Gasteiger partial charge on any atom is -0.335 e. The fraction of sp³-hybridized carbons (Fsp3) is 0.286. The van der Waals surface area contributed by atoms with Crippen molar-refractivity contribution in [2.24, 2.45) is 0 Å². The number of hydrogen-bond acceptors (Lipinski definition) is 3. The highest BCUT2D eigenvalue weighted by Crippen LogP contribution is 2.15. The van der Waals surface area contributed by atoms with E-state index >= 15 is 0 Å². The van der Waals surface area contributed by atoms with Crippen molar-refractivity contribution in [2.75, 3.05) is 13.1 Å². The fourth-order valence-corrected chi connectivity index (χ4v) is 2.06. The lowest BCUT2D eigenvalue weighted by Gasteiger charge is -2.16. The van der Waals surface area contributed by atoms with Gasteiger partial charge in [0.15, 0.2) is 0 Å². The Kier molecular flexibility index (Phi) is 4.30. The second-order valence-corrected chi connectivity index (χ2v) is 4.43. The van der Waals surface area contributed by atoms with Crippen LogP contribution in [0.5, 0.6) is 0 Å². The summed E-state index contributed by atoms with van der Waals surface area (Å²) in [5.74, 6) is -0.691. The Bertz CT molecular complexity index is 497. The summed E-state index contributed by atoms with van der Waals surface area (Å²) in [5, 5.41) is 8.45. The molecule has 0 aliphatic carbocycles. The van der Waals surface area contributed by atoms with Gasteiger partial charge in [-0.15, -0.1) is 0 Å². The Morgan fingerprint density at radius 1 is 1.32 bits per heavy atom. The second kappa shape index (κ2) is 6.15. The molecule has 1 aliphatic rings. The van der Waals surface area contributed by atoms with Crippen LogP contribution in [0.1, 0.15) is 12.0 Å². The molecule has 0 atom stereocenters. The molecule has 0 aromatic heterocycles. The van der Waals surface area contributed by atoms with Gasteiger partial charge in [-0.1, -0.05) is 36.4 Å². The van der Waals surface area contributed by atoms with Gasteiger partial charge in [0.05, 0.1) is 6.42 Å². The van der Waals surface area contributed by atoms with Crippen LogP contribution in [0.3, 0.4) is 0 Å². The third kappa shape index (κ3) is 3.42. The van der Waals surface area contributed by atoms with E-state index in [1.807, 2.05) is 30.3 Å². The fourth-order valence-electron chi connectivity index (χ4n) is 2.06. The van der Waals surface area contributed by atoms with Crippen molar-refractivity contribution in [1.29, 1.82) is 0 Å². The van der Waals surface area contributed by atoms with Gasteiger partial charge in [0.2, 0.25) is 11.8 Å². The van der Waals surface area contributed by atoms with Crippen molar-refractivity contribution < 1.29 is 14.8 Å². The molecule has 0 saturated carbocycles. The number of nitrogens with zero attached hydrogens (tertiary/aromatic N) is 1. The highest BCUT2D eigenvalue weighted by atomic mass is 16.5. The van der Waals surface area contributed by atoms with E-state index in [0.717, 1.165) is 6.42 Å². The van der Waals surface area contributed by atoms with Gasteiger partial charge in [-0.3, -0.25) is 14.8 Å². The van der Waals surface area contributed by atoms with Crippen molar-refractivity contribution in [3.05, 3.63) is 47.5 Å². The number of carbonyl (C=O) groups is 2. The molecular formula is C14H16N2O3. The topological polar surface area (TPSA) is 69.6 Å². The number of hydrogen-bond donors (Lipinski definition) is 2. The predicted octanol–water partition coefficient (Wildman–Crippen LogP) is 0.893. The number of benzene rings is 1. The van der Waals surface area contributed by atoms with E-state index in [4.69, 9.17) is 5.21 Å². The van der Waals surface area contributed by atoms with Gasteiger partial charge in [0.25, 0.3) is 0 Å². The van der Waals surface area contributed by atoms with Crippen LogP contribution in [0.2, 0.25) is 0 Å². The summed E-state index contributed by atoms with van der Waals surface area (Å²) >= 11 is 0. The van der Waals surface area contributed by atoms with Crippen LogP contribution < -0.4 is 5.48 Å². The summed E-state index contributed by atoms with van der Waals surface area (Å²) in [5.41, 5.74) is 3.16. The summed E-state index contributed by atoms with van der Waals surface area (Å²) in [6.07, 6.45) is 2.46. The van der Waals surface area contributed by atoms with Gasteiger partial charge >= 0.3 is 0 Å². The zero-order valence-electron chi connectivity index (χ0n) is 10.5. The number of rotatable bonds is 5. The van der Waals surface area contributed by atoms with Crippen LogP contribution in [-0.2, 0) is 16.0 Å². The zero-order valence-corrected chi connectivity index (χ0v) is 10.5. The van der Waals surface area contributed by atoms with Crippen LogP contribution in [-0.4, -0.2) is 35.0 Å². The molecule has 0 unspecified atom stereocenters. The van der Waals surface area contributed by atoms with Crippen LogP contribution in [0.15, 0.2) is 42.0 Å². The first kappa shape index (κ1) is 13.3. The van der Waals surface area contributed by atoms with E-state index in [-0.39, 0.29) is 12.3 Å². The molecule has 0 saturated heterocycles. The van der Waals surface area contributed by atoms with Crippen LogP contribution >= 0.6 is 0 Å². The summed E-state index contributed by atoms with van der Waals surface area (Å²) < 4.78 is 0. The third-order valence-corrected chi connectivity index (χ3v) is 3.11. The second-order valence-electron chi connectivity index (χ2n) is 4.43. The Labute approximate surface area is 111 Å². The molecule has 0 bridgehead atoms. The van der Waals surface area contributed by atoms with Crippen molar-refractivity contribution in [3.63, 3.8) is 0 Å². The standard InChI is InChI=1S/C14H16N2O3/c17-13(15-19)10-12-7-9-16(14(12)18)8-6-11-4-2-1-3-5-11/h1-5,7,19H,6,8-10H2,(H,15,17). The summed E-state index contributed by atoms with van der Waals surface area (Å²) in [6, 6.07) is 9.94. The first-order chi connectivity index (χ1) is 9.20. The molecule has 19 heavy (non-hydrogen) atoms. The van der Waals surface area contributed by atoms with Crippen molar-refractivity contribution >= 4 is 11.8 Å². The van der Waals surface area contributed by atoms with E-state index in [9.17, 15) is 9.59 Å². The zero-order chi connectivity index (χ0) is 13.7. The summed E-state index contributed by atoms with van der Waals surface area (Å²) in [7, 11) is 0. The summed E-state index contributed by atoms with van der Waals surface area (Å²) in [4.78, 5) is 24.7. The smallest absolute Gasteiger partial charge is 0.250 e. The molecule has 5 nitrogen and oxygen atoms in total. The molecule has 0 fully saturated rings. The average Bonchev–Trinajstić information content (AvgIpc) is 2.78. The van der Waals surface area contributed by atoms with Gasteiger partial charge in [-0.2, -0.15) is 0 Å². The molecule has 2 amide bonds. The maximum atomic E-state index is 12.0. The SMILES string of the molecule is O=C(CC1=CCN(CCc2ccccc2)C1=O)NO. The van der Waals surface area contributed by atoms with E-state index in [0.29, 0.717) is 18.7 Å². The minimum absolute atomic E-state index is 0.0723. The molecule has 0 radical (unpaired) electrons. The van der Waals surface area contributed by atoms with Gasteiger partial charge < -0.3 is 4.90 Å². The first-order valence-electron chi connectivity index (χ1n) is 6.16. The highest BCUT2D eigenvalue weighted by molar-refractivity contribution is 6.00. The number of carbonyl (C=O) groups excluding carboxylic acids is 2. The minimum atomic E-state index is -0.565. The Balaban J connectivity index is 1.85. The molecule has 2 rings (SSSR count). The molecule has 1 heterocycles. The maximum Gasteiger partial charge on any atom is 0.250 e. The van der Waals surface area contributed by atoms with Crippen LogP contribution in [0.4, 0.5) is 0 Å². The van der Waals surface area contributed by atoms with Crippen molar-refractivity contribution in [2.45, 2.75) is 12.8 Å². The van der Waals surface area contributed by atoms with E-state index in [2.05, 4.69) is 0 Å². The largest absolute Gasteiger partial charge is 0.335 e. The Hall–Kier alpha value is -2.14. The van der Waals surface area contributed by atoms with E-state index in [1.54, 1.807) is 11.0 Å². The van der Waals surface area contributed by atoms with Crippen molar-refractivity contribution in [1.82, 2.24) is 10.4 Å². The van der Waals surface area contributed by atoms with Gasteiger partial charge in [-0.05, 0) is 12.0 Å². The lowest BCUT2D eigenvalue weighted by Crippen LogP contribution is -2.30. The predicted molar refractivity (Wildman–Crippen MR) is 69.4 cm³/mol. The first-order valence-corrected chi connectivity index (χ1v) is 6.16. The molecule has 1 aromatic rings. The highest BCUT2D eigenvalue weighted by Gasteiger charge is 2.24. The lowest BCUT2D eigenvalue weighted by molar-refractivity contribution is -0.131. The number of hydroxylamine groups is 1. The Morgan fingerprint density at radius 3 is 2.74 bits per heavy atom. The molecule has 1 aliphatic heterocycles. The van der Waals surface area contributed by atoms with Gasteiger partial charge in [0, 0.05) is 18.7 Å². The number of nitrogens with one attached hydrogen (secondary N) is 1. The van der Waals surface area contributed by atoms with Crippen LogP contribution in [0.25, 0.3) is 0 Å². The van der Waals surface area contributed by atoms with E-state index < -0.39 is 5.91 Å². The molecule has 100 valence electrons. The lowest BCUT2D eigenvalue weighted by atomic mass is 10.1. The molecular weight excluding hydrogens is 244 g/mol. The normalized spacial score (nSPS) is 14.5. The average molecular weight is 260 g/mol. The molecule has 0 spiro atoms. The van der Waals surface area contributed by atoms with E-state index in [1.165, 1.54) is 11.0 Å². The monoisotopic (exact) mass is 260 g/mol. The molecule has 1 aromatic carbocycles. The van der Waals surface area contributed by atoms with Crippen LogP contribution in [0, 0.1) is 0 Å². The quantitative estimate of drug-likeness (QED) is 0.610. The number of amides is 2. The maximum absolute atomic E-state index is 12.0. The third-order valence-electron chi connectivity index (χ3n) is 3.11. The summed E-state index contributed by atoms with van der Waals surface area (Å²) in [6.45, 7) is 1.16. The Morgan fingerprint density at radius 2 is 2.05 bits per heavy atom. The van der Waals surface area contributed by atoms with Crippen molar-refractivity contribution in [3.8, 4) is 0 Å². The molecule has 2 N–H and O–H groups in total. The van der Waals surface area contributed by atoms with Gasteiger partial charge in [0.1, 0.15) is 0 Å².